The third kappa shape index (κ3) is 3.27. The number of nitro groups is 1. The van der Waals surface area contributed by atoms with Crippen molar-refractivity contribution >= 4 is 5.69 Å². The molecule has 15 heavy (non-hydrogen) atoms. The normalized spacial score (nSPS) is 11.5. The van der Waals surface area contributed by atoms with E-state index < -0.39 is 4.92 Å². The van der Waals surface area contributed by atoms with E-state index in [9.17, 15) is 10.1 Å². The number of nitrogens with zero attached hydrogens (tertiary/aromatic N) is 2. The van der Waals surface area contributed by atoms with Crippen LogP contribution in [0.1, 0.15) is 13.3 Å². The minimum absolute atomic E-state index is 0.0234. The van der Waals surface area contributed by atoms with Gasteiger partial charge < -0.3 is 4.74 Å². The highest BCUT2D eigenvalue weighted by molar-refractivity contribution is 5.36. The summed E-state index contributed by atoms with van der Waals surface area (Å²) >= 11 is 0. The third-order valence-electron chi connectivity index (χ3n) is 1.76. The van der Waals surface area contributed by atoms with Crippen molar-refractivity contribution in [1.82, 2.24) is 0 Å². The lowest BCUT2D eigenvalue weighted by molar-refractivity contribution is -0.384. The van der Waals surface area contributed by atoms with Crippen LogP contribution in [-0.4, -0.2) is 11.0 Å². The Morgan fingerprint density at radius 2 is 2.13 bits per heavy atom. The van der Waals surface area contributed by atoms with Gasteiger partial charge >= 0.3 is 0 Å². The Hall–Kier alpha value is -2.09. The van der Waals surface area contributed by atoms with Gasteiger partial charge in [-0.25, -0.2) is 0 Å². The minimum atomic E-state index is -0.470. The van der Waals surface area contributed by atoms with Crippen LogP contribution in [0.15, 0.2) is 24.3 Å². The van der Waals surface area contributed by atoms with E-state index in [0.29, 0.717) is 5.75 Å². The molecule has 0 radical (unpaired) electrons. The van der Waals surface area contributed by atoms with Crippen molar-refractivity contribution < 1.29 is 9.66 Å². The highest BCUT2D eigenvalue weighted by Gasteiger charge is 2.06. The van der Waals surface area contributed by atoms with Gasteiger partial charge in [0.25, 0.3) is 5.69 Å². The fourth-order valence-electron chi connectivity index (χ4n) is 1.05. The molecule has 0 N–H and O–H groups in total. The van der Waals surface area contributed by atoms with E-state index in [4.69, 9.17) is 10.00 Å². The van der Waals surface area contributed by atoms with Crippen molar-refractivity contribution in [3.05, 3.63) is 34.4 Å². The lowest BCUT2D eigenvalue weighted by atomic mass is 10.3. The van der Waals surface area contributed by atoms with Gasteiger partial charge in [0.05, 0.1) is 17.4 Å². The van der Waals surface area contributed by atoms with Crippen molar-refractivity contribution in [3.63, 3.8) is 0 Å². The molecule has 0 heterocycles. The van der Waals surface area contributed by atoms with Crippen molar-refractivity contribution in [1.29, 1.82) is 5.26 Å². The van der Waals surface area contributed by atoms with Gasteiger partial charge in [0.15, 0.2) is 0 Å². The molecule has 1 atom stereocenters. The Bertz CT molecular complexity index is 381. The third-order valence-corrected chi connectivity index (χ3v) is 1.76. The first-order valence-corrected chi connectivity index (χ1v) is 4.41. The number of hydrogen-bond donors (Lipinski definition) is 0. The molecule has 0 aliphatic rings. The Balaban J connectivity index is 2.65. The zero-order valence-corrected chi connectivity index (χ0v) is 8.21. The molecule has 0 saturated heterocycles. The summed E-state index contributed by atoms with van der Waals surface area (Å²) in [5, 5.41) is 18.8. The van der Waals surface area contributed by atoms with Gasteiger partial charge in [-0.3, -0.25) is 10.1 Å². The van der Waals surface area contributed by atoms with Crippen LogP contribution in [0.3, 0.4) is 0 Å². The molecule has 1 rings (SSSR count). The van der Waals surface area contributed by atoms with E-state index in [1.54, 1.807) is 6.92 Å². The van der Waals surface area contributed by atoms with E-state index in [0.717, 1.165) is 0 Å². The van der Waals surface area contributed by atoms with E-state index in [-0.39, 0.29) is 18.2 Å². The van der Waals surface area contributed by atoms with E-state index >= 15 is 0 Å². The van der Waals surface area contributed by atoms with Gasteiger partial charge in [0.2, 0.25) is 0 Å². The van der Waals surface area contributed by atoms with Crippen LogP contribution >= 0.6 is 0 Å². The average Bonchev–Trinajstić information content (AvgIpc) is 2.18. The van der Waals surface area contributed by atoms with Crippen molar-refractivity contribution in [2.24, 2.45) is 0 Å². The summed E-state index contributed by atoms with van der Waals surface area (Å²) in [7, 11) is 0. The molecule has 78 valence electrons. The molecule has 0 spiro atoms. The SMILES string of the molecule is CC(CC#N)Oc1ccc([N+](=O)[O-])cc1. The number of rotatable bonds is 4. The molecule has 0 bridgehead atoms. The molecular weight excluding hydrogens is 196 g/mol. The van der Waals surface area contributed by atoms with Crippen LogP contribution in [0.25, 0.3) is 0 Å². The van der Waals surface area contributed by atoms with Gasteiger partial charge in [0.1, 0.15) is 11.9 Å². The summed E-state index contributed by atoms with van der Waals surface area (Å²) in [6.07, 6.45) is 0.0771. The lowest BCUT2D eigenvalue weighted by Gasteiger charge is -2.10. The molecule has 5 nitrogen and oxygen atoms in total. The van der Waals surface area contributed by atoms with Gasteiger partial charge in [-0.1, -0.05) is 0 Å². The molecule has 0 saturated carbocycles. The monoisotopic (exact) mass is 206 g/mol. The van der Waals surface area contributed by atoms with Crippen molar-refractivity contribution in [2.45, 2.75) is 19.4 Å². The van der Waals surface area contributed by atoms with E-state index in [2.05, 4.69) is 0 Å². The predicted molar refractivity (Wildman–Crippen MR) is 53.4 cm³/mol. The number of nitro benzene ring substituents is 1. The molecule has 1 aromatic rings. The van der Waals surface area contributed by atoms with Crippen LogP contribution in [0.2, 0.25) is 0 Å². The fourth-order valence-corrected chi connectivity index (χ4v) is 1.05. The Morgan fingerprint density at radius 3 is 2.60 bits per heavy atom. The molecule has 0 amide bonds. The van der Waals surface area contributed by atoms with Crippen LogP contribution in [0.5, 0.6) is 5.75 Å². The quantitative estimate of drug-likeness (QED) is 0.559. The van der Waals surface area contributed by atoms with Gasteiger partial charge in [0, 0.05) is 12.1 Å². The molecule has 0 aliphatic heterocycles. The van der Waals surface area contributed by atoms with Crippen LogP contribution in [0.4, 0.5) is 5.69 Å². The standard InChI is InChI=1S/C10H10N2O3/c1-8(6-7-11)15-10-4-2-9(3-5-10)12(13)14/h2-5,8H,6H2,1H3. The fraction of sp³-hybridized carbons (Fsp3) is 0.300. The van der Waals surface area contributed by atoms with Gasteiger partial charge in [-0.15, -0.1) is 0 Å². The van der Waals surface area contributed by atoms with E-state index in [1.165, 1.54) is 24.3 Å². The van der Waals surface area contributed by atoms with Crippen LogP contribution in [0, 0.1) is 21.4 Å². The maximum atomic E-state index is 10.4. The van der Waals surface area contributed by atoms with Crippen molar-refractivity contribution in [3.8, 4) is 11.8 Å². The molecule has 0 aromatic heterocycles. The highest BCUT2D eigenvalue weighted by Crippen LogP contribution is 2.18. The molecular formula is C10H10N2O3. The molecule has 1 aromatic carbocycles. The summed E-state index contributed by atoms with van der Waals surface area (Å²) in [6.45, 7) is 1.77. The van der Waals surface area contributed by atoms with E-state index in [1.807, 2.05) is 6.07 Å². The summed E-state index contributed by atoms with van der Waals surface area (Å²) in [5.41, 5.74) is 0.0234. The molecule has 1 unspecified atom stereocenters. The molecule has 0 aliphatic carbocycles. The van der Waals surface area contributed by atoms with Gasteiger partial charge in [-0.05, 0) is 19.1 Å². The van der Waals surface area contributed by atoms with Crippen LogP contribution in [-0.2, 0) is 0 Å². The summed E-state index contributed by atoms with van der Waals surface area (Å²) in [4.78, 5) is 9.89. The summed E-state index contributed by atoms with van der Waals surface area (Å²) in [5.74, 6) is 0.531. The number of ether oxygens (including phenoxy) is 1. The number of benzene rings is 1. The zero-order chi connectivity index (χ0) is 11.3. The largest absolute Gasteiger partial charge is 0.490 e. The Morgan fingerprint density at radius 1 is 1.53 bits per heavy atom. The van der Waals surface area contributed by atoms with Crippen LogP contribution < -0.4 is 4.74 Å². The first-order chi connectivity index (χ1) is 7.13. The second kappa shape index (κ2) is 4.96. The number of nitriles is 1. The number of hydrogen-bond acceptors (Lipinski definition) is 4. The predicted octanol–water partition coefficient (Wildman–Crippen LogP) is 2.28. The summed E-state index contributed by atoms with van der Waals surface area (Å²) < 4.78 is 5.34. The summed E-state index contributed by atoms with van der Waals surface area (Å²) in [6, 6.07) is 7.76. The second-order valence-electron chi connectivity index (χ2n) is 3.04. The average molecular weight is 206 g/mol. The topological polar surface area (TPSA) is 76.2 Å². The van der Waals surface area contributed by atoms with Gasteiger partial charge in [-0.2, -0.15) is 5.26 Å². The minimum Gasteiger partial charge on any atom is -0.490 e. The molecule has 5 heteroatoms. The number of non-ortho nitro benzene ring substituents is 1. The lowest BCUT2D eigenvalue weighted by Crippen LogP contribution is -2.10. The second-order valence-corrected chi connectivity index (χ2v) is 3.04. The van der Waals surface area contributed by atoms with Crippen molar-refractivity contribution in [2.75, 3.05) is 0 Å². The molecule has 0 fully saturated rings. The zero-order valence-electron chi connectivity index (χ0n) is 8.21. The smallest absolute Gasteiger partial charge is 0.269 e. The Kier molecular flexibility index (Phi) is 3.63. The maximum absolute atomic E-state index is 10.4. The Labute approximate surface area is 87.1 Å². The first kappa shape index (κ1) is 11.0. The first-order valence-electron chi connectivity index (χ1n) is 4.41. The highest BCUT2D eigenvalue weighted by atomic mass is 16.6. The maximum Gasteiger partial charge on any atom is 0.269 e.